The maximum absolute atomic E-state index is 13.5. The quantitative estimate of drug-likeness (QED) is 0.862. The molecule has 100 valence electrons. The summed E-state index contributed by atoms with van der Waals surface area (Å²) in [5, 5.41) is 12.8. The van der Waals surface area contributed by atoms with E-state index < -0.39 is 0 Å². The number of halogens is 1. The van der Waals surface area contributed by atoms with Gasteiger partial charge in [-0.3, -0.25) is 0 Å². The standard InChI is InChI=1S/C15H22FNO/c1-10-6-7-12(8-14(10)16)11(2)17-15-5-3-4-13(15)9-18/h6-8,11,13,15,17-18H,3-5,9H2,1-2H3. The molecular formula is C15H22FNO. The van der Waals surface area contributed by atoms with Crippen molar-refractivity contribution in [2.24, 2.45) is 5.92 Å². The van der Waals surface area contributed by atoms with Gasteiger partial charge in [0, 0.05) is 18.7 Å². The Bertz CT molecular complexity index is 407. The zero-order chi connectivity index (χ0) is 13.1. The van der Waals surface area contributed by atoms with Crippen LogP contribution in [-0.4, -0.2) is 17.8 Å². The van der Waals surface area contributed by atoms with Crippen LogP contribution < -0.4 is 5.32 Å². The number of rotatable bonds is 4. The average molecular weight is 251 g/mol. The average Bonchev–Trinajstić information content (AvgIpc) is 2.79. The molecule has 2 rings (SSSR count). The van der Waals surface area contributed by atoms with Gasteiger partial charge in [0.05, 0.1) is 0 Å². The lowest BCUT2D eigenvalue weighted by atomic mass is 10.0. The topological polar surface area (TPSA) is 32.3 Å². The molecule has 0 amide bonds. The zero-order valence-corrected chi connectivity index (χ0v) is 11.1. The molecule has 1 aliphatic rings. The summed E-state index contributed by atoms with van der Waals surface area (Å²) in [6.45, 7) is 4.07. The Balaban J connectivity index is 2.02. The molecule has 0 radical (unpaired) electrons. The van der Waals surface area contributed by atoms with Crippen molar-refractivity contribution in [2.75, 3.05) is 6.61 Å². The summed E-state index contributed by atoms with van der Waals surface area (Å²) in [5.41, 5.74) is 1.65. The monoisotopic (exact) mass is 251 g/mol. The Labute approximate surface area is 108 Å². The van der Waals surface area contributed by atoms with Gasteiger partial charge in [-0.1, -0.05) is 18.6 Å². The Kier molecular flexibility index (Phi) is 4.36. The Morgan fingerprint density at radius 1 is 1.44 bits per heavy atom. The molecule has 1 aliphatic carbocycles. The molecule has 0 aliphatic heterocycles. The summed E-state index contributed by atoms with van der Waals surface area (Å²) in [5.74, 6) is 0.203. The van der Waals surface area contributed by atoms with Gasteiger partial charge in [0.15, 0.2) is 0 Å². The summed E-state index contributed by atoms with van der Waals surface area (Å²) in [4.78, 5) is 0. The molecule has 0 saturated heterocycles. The second-order valence-corrected chi connectivity index (χ2v) is 5.38. The van der Waals surface area contributed by atoms with Crippen molar-refractivity contribution in [3.63, 3.8) is 0 Å². The van der Waals surface area contributed by atoms with E-state index in [-0.39, 0.29) is 18.5 Å². The van der Waals surface area contributed by atoms with Crippen molar-refractivity contribution in [1.29, 1.82) is 0 Å². The predicted molar refractivity (Wildman–Crippen MR) is 70.9 cm³/mol. The molecular weight excluding hydrogens is 229 g/mol. The van der Waals surface area contributed by atoms with Crippen molar-refractivity contribution in [2.45, 2.75) is 45.2 Å². The number of hydrogen-bond donors (Lipinski definition) is 2. The summed E-state index contributed by atoms with van der Waals surface area (Å²) in [6, 6.07) is 5.88. The first-order valence-corrected chi connectivity index (χ1v) is 6.74. The molecule has 1 fully saturated rings. The molecule has 18 heavy (non-hydrogen) atoms. The van der Waals surface area contributed by atoms with E-state index in [2.05, 4.69) is 12.2 Å². The molecule has 0 heterocycles. The third kappa shape index (κ3) is 2.90. The highest BCUT2D eigenvalue weighted by atomic mass is 19.1. The number of nitrogens with one attached hydrogen (secondary N) is 1. The molecule has 1 aromatic rings. The zero-order valence-electron chi connectivity index (χ0n) is 11.1. The van der Waals surface area contributed by atoms with Crippen molar-refractivity contribution >= 4 is 0 Å². The molecule has 0 bridgehead atoms. The number of hydrogen-bond acceptors (Lipinski definition) is 2. The van der Waals surface area contributed by atoms with Crippen LogP contribution >= 0.6 is 0 Å². The minimum Gasteiger partial charge on any atom is -0.396 e. The van der Waals surface area contributed by atoms with E-state index in [1.807, 2.05) is 12.1 Å². The molecule has 3 heteroatoms. The van der Waals surface area contributed by atoms with Crippen molar-refractivity contribution in [3.05, 3.63) is 35.1 Å². The van der Waals surface area contributed by atoms with E-state index in [4.69, 9.17) is 0 Å². The Morgan fingerprint density at radius 2 is 2.22 bits per heavy atom. The summed E-state index contributed by atoms with van der Waals surface area (Å²) < 4.78 is 13.5. The first-order chi connectivity index (χ1) is 8.61. The summed E-state index contributed by atoms with van der Waals surface area (Å²) in [6.07, 6.45) is 3.35. The van der Waals surface area contributed by atoms with Gasteiger partial charge in [0.2, 0.25) is 0 Å². The Morgan fingerprint density at radius 3 is 2.89 bits per heavy atom. The third-order valence-electron chi connectivity index (χ3n) is 4.05. The van der Waals surface area contributed by atoms with E-state index in [0.717, 1.165) is 24.8 Å². The SMILES string of the molecule is Cc1ccc(C(C)NC2CCCC2CO)cc1F. The van der Waals surface area contributed by atoms with Crippen LogP contribution in [0.4, 0.5) is 4.39 Å². The third-order valence-corrected chi connectivity index (χ3v) is 4.05. The lowest BCUT2D eigenvalue weighted by Gasteiger charge is -2.24. The van der Waals surface area contributed by atoms with E-state index in [1.54, 1.807) is 13.0 Å². The van der Waals surface area contributed by atoms with Gasteiger partial charge < -0.3 is 10.4 Å². The highest BCUT2D eigenvalue weighted by Crippen LogP contribution is 2.27. The van der Waals surface area contributed by atoms with Gasteiger partial charge in [0.25, 0.3) is 0 Å². The fourth-order valence-electron chi connectivity index (χ4n) is 2.77. The maximum Gasteiger partial charge on any atom is 0.126 e. The van der Waals surface area contributed by atoms with Crippen LogP contribution in [0.1, 0.15) is 43.4 Å². The number of aliphatic hydroxyl groups is 1. The van der Waals surface area contributed by atoms with Gasteiger partial charge in [0.1, 0.15) is 5.82 Å². The van der Waals surface area contributed by atoms with Gasteiger partial charge in [-0.05, 0) is 49.8 Å². The molecule has 3 unspecified atom stereocenters. The molecule has 1 saturated carbocycles. The smallest absolute Gasteiger partial charge is 0.126 e. The molecule has 2 N–H and O–H groups in total. The van der Waals surface area contributed by atoms with Crippen LogP contribution in [0.2, 0.25) is 0 Å². The van der Waals surface area contributed by atoms with Gasteiger partial charge in [-0.15, -0.1) is 0 Å². The normalized spacial score (nSPS) is 25.3. The van der Waals surface area contributed by atoms with Crippen LogP contribution in [0, 0.1) is 18.7 Å². The summed E-state index contributed by atoms with van der Waals surface area (Å²) >= 11 is 0. The first kappa shape index (κ1) is 13.5. The second kappa shape index (κ2) is 5.81. The Hall–Kier alpha value is -0.930. The van der Waals surface area contributed by atoms with E-state index >= 15 is 0 Å². The highest BCUT2D eigenvalue weighted by molar-refractivity contribution is 5.25. The van der Waals surface area contributed by atoms with Crippen LogP contribution in [0.5, 0.6) is 0 Å². The van der Waals surface area contributed by atoms with Crippen LogP contribution in [-0.2, 0) is 0 Å². The first-order valence-electron chi connectivity index (χ1n) is 6.74. The van der Waals surface area contributed by atoms with Crippen molar-refractivity contribution < 1.29 is 9.50 Å². The predicted octanol–water partition coefficient (Wildman–Crippen LogP) is 2.95. The van der Waals surface area contributed by atoms with Gasteiger partial charge in [-0.2, -0.15) is 0 Å². The highest BCUT2D eigenvalue weighted by Gasteiger charge is 2.27. The van der Waals surface area contributed by atoms with Crippen LogP contribution in [0.3, 0.4) is 0 Å². The number of aliphatic hydroxyl groups excluding tert-OH is 1. The molecule has 1 aromatic carbocycles. The molecule has 2 nitrogen and oxygen atoms in total. The fraction of sp³-hybridized carbons (Fsp3) is 0.600. The maximum atomic E-state index is 13.5. The molecule has 3 atom stereocenters. The van der Waals surface area contributed by atoms with Crippen LogP contribution in [0.15, 0.2) is 18.2 Å². The van der Waals surface area contributed by atoms with E-state index in [0.29, 0.717) is 17.5 Å². The van der Waals surface area contributed by atoms with Crippen molar-refractivity contribution in [3.8, 4) is 0 Å². The lowest BCUT2D eigenvalue weighted by Crippen LogP contribution is -2.35. The summed E-state index contributed by atoms with van der Waals surface area (Å²) in [7, 11) is 0. The second-order valence-electron chi connectivity index (χ2n) is 5.38. The van der Waals surface area contributed by atoms with Gasteiger partial charge in [-0.25, -0.2) is 4.39 Å². The molecule has 0 spiro atoms. The van der Waals surface area contributed by atoms with Crippen molar-refractivity contribution in [1.82, 2.24) is 5.32 Å². The lowest BCUT2D eigenvalue weighted by molar-refractivity contribution is 0.200. The van der Waals surface area contributed by atoms with Gasteiger partial charge >= 0.3 is 0 Å². The largest absolute Gasteiger partial charge is 0.396 e. The number of benzene rings is 1. The van der Waals surface area contributed by atoms with E-state index in [9.17, 15) is 9.50 Å². The minimum atomic E-state index is -0.147. The van der Waals surface area contributed by atoms with Crippen LogP contribution in [0.25, 0.3) is 0 Å². The van der Waals surface area contributed by atoms with E-state index in [1.165, 1.54) is 0 Å². The molecule has 0 aromatic heterocycles. The minimum absolute atomic E-state index is 0.122. The number of aryl methyl sites for hydroxylation is 1. The fourth-order valence-corrected chi connectivity index (χ4v) is 2.77.